The van der Waals surface area contributed by atoms with Crippen LogP contribution in [0.25, 0.3) is 0 Å². The quantitative estimate of drug-likeness (QED) is 0.712. The van der Waals surface area contributed by atoms with Crippen LogP contribution < -0.4 is 10.6 Å². The molecule has 0 aliphatic heterocycles. The highest BCUT2D eigenvalue weighted by atomic mass is 16.1. The molecule has 0 aromatic heterocycles. The van der Waals surface area contributed by atoms with Gasteiger partial charge in [0.1, 0.15) is 0 Å². The van der Waals surface area contributed by atoms with Gasteiger partial charge < -0.3 is 10.6 Å². The molecule has 3 nitrogen and oxygen atoms in total. The molecule has 0 fully saturated rings. The van der Waals surface area contributed by atoms with Crippen LogP contribution in [0.1, 0.15) is 15.9 Å². The zero-order chi connectivity index (χ0) is 16.1. The number of anilines is 3. The van der Waals surface area contributed by atoms with Gasteiger partial charge in [0.05, 0.1) is 11.4 Å². The van der Waals surface area contributed by atoms with Gasteiger partial charge in [-0.15, -0.1) is 0 Å². The van der Waals surface area contributed by atoms with Gasteiger partial charge in [-0.1, -0.05) is 48.5 Å². The Hall–Kier alpha value is -3.07. The summed E-state index contributed by atoms with van der Waals surface area (Å²) in [5, 5.41) is 6.32. The number of benzene rings is 3. The molecule has 2 N–H and O–H groups in total. The Morgan fingerprint density at radius 1 is 0.739 bits per heavy atom. The van der Waals surface area contributed by atoms with Crippen LogP contribution in [0.15, 0.2) is 78.9 Å². The van der Waals surface area contributed by atoms with Gasteiger partial charge in [-0.3, -0.25) is 4.79 Å². The Morgan fingerprint density at radius 3 is 2.09 bits per heavy atom. The highest BCUT2D eigenvalue weighted by molar-refractivity contribution is 6.07. The molecule has 1 amide bonds. The molecule has 114 valence electrons. The van der Waals surface area contributed by atoms with Crippen molar-refractivity contribution < 1.29 is 4.79 Å². The summed E-state index contributed by atoms with van der Waals surface area (Å²) in [4.78, 5) is 12.5. The van der Waals surface area contributed by atoms with Gasteiger partial charge in [-0.2, -0.15) is 0 Å². The van der Waals surface area contributed by atoms with E-state index in [-0.39, 0.29) is 5.91 Å². The molecule has 0 saturated heterocycles. The number of amides is 1. The van der Waals surface area contributed by atoms with Crippen molar-refractivity contribution in [2.45, 2.75) is 6.92 Å². The first-order valence-electron chi connectivity index (χ1n) is 7.52. The third-order valence-corrected chi connectivity index (χ3v) is 3.62. The van der Waals surface area contributed by atoms with Crippen LogP contribution in [0.2, 0.25) is 0 Å². The van der Waals surface area contributed by atoms with Gasteiger partial charge in [-0.05, 0) is 42.8 Å². The van der Waals surface area contributed by atoms with Gasteiger partial charge in [-0.25, -0.2) is 0 Å². The van der Waals surface area contributed by atoms with Crippen molar-refractivity contribution in [1.82, 2.24) is 0 Å². The SMILES string of the molecule is Cc1ccccc1C(=O)Nc1ccccc1Nc1ccccc1. The van der Waals surface area contributed by atoms with E-state index in [4.69, 9.17) is 0 Å². The van der Waals surface area contributed by atoms with Crippen LogP contribution in [-0.2, 0) is 0 Å². The molecule has 0 heterocycles. The molecular formula is C20H18N2O. The maximum atomic E-state index is 12.5. The molecule has 0 radical (unpaired) electrons. The van der Waals surface area contributed by atoms with Crippen molar-refractivity contribution in [3.63, 3.8) is 0 Å². The van der Waals surface area contributed by atoms with Crippen LogP contribution in [0.4, 0.5) is 17.1 Å². The molecule has 3 rings (SSSR count). The predicted molar refractivity (Wildman–Crippen MR) is 95.3 cm³/mol. The third kappa shape index (κ3) is 3.58. The van der Waals surface area contributed by atoms with E-state index in [0.717, 1.165) is 22.6 Å². The first kappa shape index (κ1) is 14.9. The molecule has 0 aliphatic carbocycles. The van der Waals surface area contributed by atoms with Crippen molar-refractivity contribution >= 4 is 23.0 Å². The smallest absolute Gasteiger partial charge is 0.255 e. The second-order valence-corrected chi connectivity index (χ2v) is 5.31. The number of hydrogen-bond acceptors (Lipinski definition) is 2. The van der Waals surface area contributed by atoms with E-state index in [2.05, 4.69) is 10.6 Å². The van der Waals surface area contributed by atoms with E-state index in [0.29, 0.717) is 5.56 Å². The monoisotopic (exact) mass is 302 g/mol. The van der Waals surface area contributed by atoms with Crippen molar-refractivity contribution in [2.24, 2.45) is 0 Å². The molecule has 0 aliphatic rings. The second kappa shape index (κ2) is 6.79. The molecule has 23 heavy (non-hydrogen) atoms. The summed E-state index contributed by atoms with van der Waals surface area (Å²) in [5.41, 5.74) is 4.23. The zero-order valence-corrected chi connectivity index (χ0v) is 12.9. The standard InChI is InChI=1S/C20H18N2O/c1-15-9-5-6-12-17(15)20(23)22-19-14-8-7-13-18(19)21-16-10-3-2-4-11-16/h2-14,21H,1H3,(H,22,23). The number of hydrogen-bond donors (Lipinski definition) is 2. The second-order valence-electron chi connectivity index (χ2n) is 5.31. The van der Waals surface area contributed by atoms with Crippen molar-refractivity contribution in [2.75, 3.05) is 10.6 Å². The number of carbonyl (C=O) groups is 1. The summed E-state index contributed by atoms with van der Waals surface area (Å²) in [6, 6.07) is 25.1. The van der Waals surface area contributed by atoms with Gasteiger partial charge >= 0.3 is 0 Å². The van der Waals surface area contributed by atoms with Crippen LogP contribution in [0, 0.1) is 6.92 Å². The van der Waals surface area contributed by atoms with Gasteiger partial charge in [0.2, 0.25) is 0 Å². The molecule has 0 atom stereocenters. The summed E-state index contributed by atoms with van der Waals surface area (Å²) in [7, 11) is 0. The van der Waals surface area contributed by atoms with Crippen LogP contribution in [-0.4, -0.2) is 5.91 Å². The Balaban J connectivity index is 1.84. The lowest BCUT2D eigenvalue weighted by Gasteiger charge is -2.14. The van der Waals surface area contributed by atoms with Gasteiger partial charge in [0.15, 0.2) is 0 Å². The molecule has 0 saturated carbocycles. The van der Waals surface area contributed by atoms with E-state index in [1.807, 2.05) is 85.8 Å². The summed E-state index contributed by atoms with van der Waals surface area (Å²) in [6.07, 6.45) is 0. The van der Waals surface area contributed by atoms with E-state index in [1.54, 1.807) is 0 Å². The fourth-order valence-corrected chi connectivity index (χ4v) is 2.40. The average molecular weight is 302 g/mol. The van der Waals surface area contributed by atoms with E-state index >= 15 is 0 Å². The minimum atomic E-state index is -0.106. The molecule has 3 aromatic rings. The Kier molecular flexibility index (Phi) is 4.39. The minimum absolute atomic E-state index is 0.106. The first-order valence-corrected chi connectivity index (χ1v) is 7.52. The fraction of sp³-hybridized carbons (Fsp3) is 0.0500. The maximum absolute atomic E-state index is 12.5. The van der Waals surface area contributed by atoms with Crippen LogP contribution >= 0.6 is 0 Å². The lowest BCUT2D eigenvalue weighted by atomic mass is 10.1. The van der Waals surface area contributed by atoms with Crippen LogP contribution in [0.5, 0.6) is 0 Å². The van der Waals surface area contributed by atoms with Crippen LogP contribution in [0.3, 0.4) is 0 Å². The number of rotatable bonds is 4. The fourth-order valence-electron chi connectivity index (χ4n) is 2.40. The van der Waals surface area contributed by atoms with Gasteiger partial charge in [0.25, 0.3) is 5.91 Å². The average Bonchev–Trinajstić information content (AvgIpc) is 2.58. The van der Waals surface area contributed by atoms with E-state index in [9.17, 15) is 4.79 Å². The topological polar surface area (TPSA) is 41.1 Å². The number of para-hydroxylation sites is 3. The number of nitrogens with one attached hydrogen (secondary N) is 2. The lowest BCUT2D eigenvalue weighted by molar-refractivity contribution is 0.102. The Labute approximate surface area is 136 Å². The summed E-state index contributed by atoms with van der Waals surface area (Å²) in [5.74, 6) is -0.106. The highest BCUT2D eigenvalue weighted by Gasteiger charge is 2.10. The zero-order valence-electron chi connectivity index (χ0n) is 12.9. The van der Waals surface area contributed by atoms with Crippen molar-refractivity contribution in [3.8, 4) is 0 Å². The maximum Gasteiger partial charge on any atom is 0.255 e. The van der Waals surface area contributed by atoms with Crippen molar-refractivity contribution in [3.05, 3.63) is 90.0 Å². The Morgan fingerprint density at radius 2 is 1.35 bits per heavy atom. The van der Waals surface area contributed by atoms with Crippen molar-refractivity contribution in [1.29, 1.82) is 0 Å². The molecule has 3 heteroatoms. The molecule has 0 bridgehead atoms. The number of carbonyl (C=O) groups excluding carboxylic acids is 1. The summed E-state index contributed by atoms with van der Waals surface area (Å²) in [6.45, 7) is 1.93. The summed E-state index contributed by atoms with van der Waals surface area (Å²) < 4.78 is 0. The molecule has 0 spiro atoms. The predicted octanol–water partition coefficient (Wildman–Crippen LogP) is 4.99. The highest BCUT2D eigenvalue weighted by Crippen LogP contribution is 2.25. The molecule has 3 aromatic carbocycles. The Bertz CT molecular complexity index is 813. The third-order valence-electron chi connectivity index (χ3n) is 3.62. The number of aryl methyl sites for hydroxylation is 1. The minimum Gasteiger partial charge on any atom is -0.354 e. The molecular weight excluding hydrogens is 284 g/mol. The van der Waals surface area contributed by atoms with Gasteiger partial charge in [0, 0.05) is 11.3 Å². The largest absolute Gasteiger partial charge is 0.354 e. The van der Waals surface area contributed by atoms with E-state index in [1.165, 1.54) is 0 Å². The normalized spacial score (nSPS) is 10.1. The molecule has 0 unspecified atom stereocenters. The lowest BCUT2D eigenvalue weighted by Crippen LogP contribution is -2.14. The van der Waals surface area contributed by atoms with E-state index < -0.39 is 0 Å². The summed E-state index contributed by atoms with van der Waals surface area (Å²) >= 11 is 0. The first-order chi connectivity index (χ1) is 11.2.